The predicted molar refractivity (Wildman–Crippen MR) is 68.7 cm³/mol. The first-order valence-electron chi connectivity index (χ1n) is 6.12. The fraction of sp³-hybridized carbons (Fsp3) is 0.583. The van der Waals surface area contributed by atoms with Crippen molar-refractivity contribution in [3.05, 3.63) is 17.5 Å². The van der Waals surface area contributed by atoms with E-state index in [1.54, 1.807) is 11.1 Å². The molecular weight excluding hydrogens is 232 g/mol. The number of rotatable bonds is 1. The quantitative estimate of drug-likeness (QED) is 0.826. The van der Waals surface area contributed by atoms with Gasteiger partial charge in [-0.05, 0) is 13.8 Å². The number of carbonyl (C=O) groups is 1. The monoisotopic (exact) mass is 252 g/mol. The van der Waals surface area contributed by atoms with E-state index in [0.29, 0.717) is 13.1 Å². The van der Waals surface area contributed by atoms with Crippen molar-refractivity contribution >= 4 is 12.0 Å². The minimum atomic E-state index is -0.327. The second-order valence-corrected chi connectivity index (χ2v) is 3.99. The van der Waals surface area contributed by atoms with Crippen molar-refractivity contribution in [1.82, 2.24) is 14.9 Å². The van der Waals surface area contributed by atoms with Crippen LogP contribution in [0.3, 0.4) is 0 Å². The van der Waals surface area contributed by atoms with Crippen LogP contribution in [-0.4, -0.2) is 27.1 Å². The molecule has 0 saturated heterocycles. The maximum atomic E-state index is 11.6. The van der Waals surface area contributed by atoms with E-state index in [4.69, 9.17) is 10.5 Å². The van der Waals surface area contributed by atoms with Gasteiger partial charge < -0.3 is 10.5 Å². The largest absolute Gasteiger partial charge is 0.447 e. The molecule has 1 aromatic rings. The van der Waals surface area contributed by atoms with Crippen molar-refractivity contribution in [3.63, 3.8) is 0 Å². The number of aromatic nitrogens is 2. The molecule has 2 heterocycles. The zero-order valence-corrected chi connectivity index (χ0v) is 11.3. The third kappa shape index (κ3) is 3.32. The van der Waals surface area contributed by atoms with Crippen LogP contribution in [0.15, 0.2) is 6.20 Å². The molecule has 0 radical (unpaired) electrons. The van der Waals surface area contributed by atoms with E-state index in [1.807, 2.05) is 27.7 Å². The van der Waals surface area contributed by atoms with Crippen LogP contribution in [0.5, 0.6) is 0 Å². The molecule has 0 unspecified atom stereocenters. The molecule has 2 N–H and O–H groups in total. The number of hydrogen-bond acceptors (Lipinski definition) is 5. The Bertz CT molecular complexity index is 421. The number of nitrogens with zero attached hydrogens (tertiary/aromatic N) is 3. The average molecular weight is 252 g/mol. The molecule has 0 aromatic carbocycles. The van der Waals surface area contributed by atoms with Crippen molar-refractivity contribution in [2.75, 3.05) is 5.73 Å². The topological polar surface area (TPSA) is 81.3 Å². The van der Waals surface area contributed by atoms with Crippen molar-refractivity contribution in [1.29, 1.82) is 0 Å². The van der Waals surface area contributed by atoms with Gasteiger partial charge in [-0.25, -0.2) is 14.8 Å². The maximum absolute atomic E-state index is 11.6. The lowest BCUT2D eigenvalue weighted by atomic mass is 10.3. The van der Waals surface area contributed by atoms with Gasteiger partial charge in [-0.1, -0.05) is 13.8 Å². The Kier molecular flexibility index (Phi) is 4.88. The van der Waals surface area contributed by atoms with E-state index in [0.717, 1.165) is 11.3 Å². The lowest BCUT2D eigenvalue weighted by Gasteiger charge is -2.16. The highest BCUT2D eigenvalue weighted by Crippen LogP contribution is 2.21. The highest BCUT2D eigenvalue weighted by molar-refractivity contribution is 5.68. The Morgan fingerprint density at radius 3 is 2.72 bits per heavy atom. The number of nitrogen functional groups attached to an aromatic ring is 1. The maximum Gasteiger partial charge on any atom is 0.410 e. The fourth-order valence-electron chi connectivity index (χ4n) is 1.57. The molecule has 0 atom stereocenters. The smallest absolute Gasteiger partial charge is 0.410 e. The SMILES string of the molecule is CC.CC(C)OC(=O)N1Cc2cnc(N)nc2C1. The first-order chi connectivity index (χ1) is 8.56. The predicted octanol–water partition coefficient (Wildman–Crippen LogP) is 1.95. The minimum Gasteiger partial charge on any atom is -0.447 e. The van der Waals surface area contributed by atoms with Gasteiger partial charge in [-0.15, -0.1) is 0 Å². The first-order valence-corrected chi connectivity index (χ1v) is 6.12. The van der Waals surface area contributed by atoms with Gasteiger partial charge in [-0.2, -0.15) is 0 Å². The van der Waals surface area contributed by atoms with Gasteiger partial charge in [0.15, 0.2) is 0 Å². The summed E-state index contributed by atoms with van der Waals surface area (Å²) < 4.78 is 5.10. The van der Waals surface area contributed by atoms with Gasteiger partial charge >= 0.3 is 6.09 Å². The average Bonchev–Trinajstić information content (AvgIpc) is 2.73. The molecule has 0 fully saturated rings. The first kappa shape index (κ1) is 14.2. The van der Waals surface area contributed by atoms with Crippen LogP contribution in [0.25, 0.3) is 0 Å². The lowest BCUT2D eigenvalue weighted by Crippen LogP contribution is -2.28. The third-order valence-electron chi connectivity index (χ3n) is 2.27. The minimum absolute atomic E-state index is 0.118. The molecule has 1 aliphatic rings. The zero-order valence-electron chi connectivity index (χ0n) is 11.3. The van der Waals surface area contributed by atoms with Gasteiger partial charge in [-0.3, -0.25) is 4.90 Å². The fourth-order valence-corrected chi connectivity index (χ4v) is 1.57. The molecule has 0 saturated carbocycles. The number of amides is 1. The second-order valence-electron chi connectivity index (χ2n) is 3.99. The molecule has 1 aliphatic heterocycles. The van der Waals surface area contributed by atoms with E-state index in [2.05, 4.69) is 9.97 Å². The second kappa shape index (κ2) is 6.18. The number of hydrogen-bond donors (Lipinski definition) is 1. The van der Waals surface area contributed by atoms with Crippen molar-refractivity contribution in [3.8, 4) is 0 Å². The van der Waals surface area contributed by atoms with Gasteiger partial charge in [0.2, 0.25) is 5.95 Å². The van der Waals surface area contributed by atoms with Crippen molar-refractivity contribution in [2.45, 2.75) is 46.9 Å². The van der Waals surface area contributed by atoms with Crippen LogP contribution in [0.2, 0.25) is 0 Å². The van der Waals surface area contributed by atoms with Crippen molar-refractivity contribution < 1.29 is 9.53 Å². The summed E-state index contributed by atoms with van der Waals surface area (Å²) >= 11 is 0. The van der Waals surface area contributed by atoms with Gasteiger partial charge in [0.25, 0.3) is 0 Å². The Hall–Kier alpha value is -1.85. The number of carbonyl (C=O) groups excluding carboxylic acids is 1. The molecule has 1 amide bonds. The van der Waals surface area contributed by atoms with E-state index < -0.39 is 0 Å². The molecular formula is C12H20N4O2. The van der Waals surface area contributed by atoms with Crippen LogP contribution < -0.4 is 5.73 Å². The summed E-state index contributed by atoms with van der Waals surface area (Å²) in [6.45, 7) is 8.56. The van der Waals surface area contributed by atoms with E-state index >= 15 is 0 Å². The van der Waals surface area contributed by atoms with Crippen molar-refractivity contribution in [2.24, 2.45) is 0 Å². The van der Waals surface area contributed by atoms with Crippen LogP contribution in [0.1, 0.15) is 39.0 Å². The number of ether oxygens (including phenoxy) is 1. The van der Waals surface area contributed by atoms with Crippen LogP contribution >= 0.6 is 0 Å². The molecule has 100 valence electrons. The van der Waals surface area contributed by atoms with Crippen LogP contribution in [0.4, 0.5) is 10.7 Å². The Morgan fingerprint density at radius 2 is 2.11 bits per heavy atom. The van der Waals surface area contributed by atoms with E-state index in [9.17, 15) is 4.79 Å². The van der Waals surface area contributed by atoms with Gasteiger partial charge in [0.1, 0.15) is 0 Å². The standard InChI is InChI=1S/C10H14N4O2.C2H6/c1-6(2)16-10(15)14-4-7-3-12-9(11)13-8(7)5-14;1-2/h3,6H,4-5H2,1-2H3,(H2,11,12,13);1-2H3. The van der Waals surface area contributed by atoms with Gasteiger partial charge in [0.05, 0.1) is 24.9 Å². The van der Waals surface area contributed by atoms with Crippen LogP contribution in [-0.2, 0) is 17.8 Å². The summed E-state index contributed by atoms with van der Waals surface area (Å²) in [6.07, 6.45) is 1.21. The molecule has 1 aromatic heterocycles. The van der Waals surface area contributed by atoms with E-state index in [-0.39, 0.29) is 18.1 Å². The number of nitrogens with two attached hydrogens (primary N) is 1. The Morgan fingerprint density at radius 1 is 1.44 bits per heavy atom. The summed E-state index contributed by atoms with van der Waals surface area (Å²) in [4.78, 5) is 21.2. The third-order valence-corrected chi connectivity index (χ3v) is 2.27. The molecule has 2 rings (SSSR count). The highest BCUT2D eigenvalue weighted by atomic mass is 16.6. The Labute approximate surface area is 107 Å². The summed E-state index contributed by atoms with van der Waals surface area (Å²) in [5, 5.41) is 0. The summed E-state index contributed by atoms with van der Waals surface area (Å²) in [5.74, 6) is 0.234. The molecule has 0 aliphatic carbocycles. The summed E-state index contributed by atoms with van der Waals surface area (Å²) in [6, 6.07) is 0. The summed E-state index contributed by atoms with van der Waals surface area (Å²) in [7, 11) is 0. The summed E-state index contributed by atoms with van der Waals surface area (Å²) in [5.41, 5.74) is 7.20. The molecule has 6 heteroatoms. The molecule has 0 spiro atoms. The number of anilines is 1. The van der Waals surface area contributed by atoms with E-state index in [1.165, 1.54) is 0 Å². The Balaban J connectivity index is 0.000000771. The van der Waals surface area contributed by atoms with Crippen LogP contribution in [0, 0.1) is 0 Å². The molecule has 18 heavy (non-hydrogen) atoms. The highest BCUT2D eigenvalue weighted by Gasteiger charge is 2.26. The molecule has 0 bridgehead atoms. The lowest BCUT2D eigenvalue weighted by molar-refractivity contribution is 0.0758. The van der Waals surface area contributed by atoms with Gasteiger partial charge in [0, 0.05) is 11.8 Å². The molecule has 6 nitrogen and oxygen atoms in total. The number of fused-ring (bicyclic) bond motifs is 1. The normalized spacial score (nSPS) is 12.8. The zero-order chi connectivity index (χ0) is 13.7.